The molecule has 0 amide bonds. The van der Waals surface area contributed by atoms with E-state index >= 15 is 0 Å². The second-order valence-electron chi connectivity index (χ2n) is 3.64. The van der Waals surface area contributed by atoms with Gasteiger partial charge in [0.1, 0.15) is 0 Å². The van der Waals surface area contributed by atoms with Crippen LogP contribution in [0.15, 0.2) is 46.1 Å². The fourth-order valence-corrected chi connectivity index (χ4v) is 2.62. The highest BCUT2D eigenvalue weighted by Gasteiger charge is 2.15. The monoisotopic (exact) mass is 286 g/mol. The predicted molar refractivity (Wildman–Crippen MR) is 68.6 cm³/mol. The molecule has 1 aromatic carbocycles. The predicted octanol–water partition coefficient (Wildman–Crippen LogP) is 1.99. The first kappa shape index (κ1) is 12.9. The van der Waals surface area contributed by atoms with E-state index in [1.807, 2.05) is 0 Å². The molecule has 1 aromatic heterocycles. The lowest BCUT2D eigenvalue weighted by Crippen LogP contribution is -2.23. The minimum atomic E-state index is -3.61. The molecule has 18 heavy (non-hydrogen) atoms. The van der Waals surface area contributed by atoms with Crippen LogP contribution in [0.5, 0.6) is 0 Å². The van der Waals surface area contributed by atoms with Crippen LogP contribution in [0, 0.1) is 0 Å². The van der Waals surface area contributed by atoms with Gasteiger partial charge in [-0.1, -0.05) is 11.6 Å². The Kier molecular flexibility index (Phi) is 3.60. The maximum atomic E-state index is 11.9. The highest BCUT2D eigenvalue weighted by molar-refractivity contribution is 7.89. The summed E-state index contributed by atoms with van der Waals surface area (Å²) in [5, 5.41) is 0.209. The standard InChI is InChI=1S/C11H11ClN2O3S/c12-10-5-9(1-2-11(10)13)18(15,16)14-6-8-3-4-17-7-8/h1-5,7,14H,6,13H2. The third-order valence-electron chi connectivity index (χ3n) is 2.33. The van der Waals surface area contributed by atoms with Crippen LogP contribution in [0.25, 0.3) is 0 Å². The summed E-state index contributed by atoms with van der Waals surface area (Å²) in [6.07, 6.45) is 2.95. The van der Waals surface area contributed by atoms with Crippen molar-refractivity contribution in [2.45, 2.75) is 11.4 Å². The molecule has 5 nitrogen and oxygen atoms in total. The molecule has 2 rings (SSSR count). The molecular weight excluding hydrogens is 276 g/mol. The Morgan fingerprint density at radius 2 is 2.11 bits per heavy atom. The second-order valence-corrected chi connectivity index (χ2v) is 5.81. The zero-order valence-electron chi connectivity index (χ0n) is 9.26. The fourth-order valence-electron chi connectivity index (χ4n) is 1.33. The Hall–Kier alpha value is -1.50. The summed E-state index contributed by atoms with van der Waals surface area (Å²) in [6, 6.07) is 5.85. The molecule has 0 fully saturated rings. The van der Waals surface area contributed by atoms with E-state index in [0.29, 0.717) is 5.69 Å². The van der Waals surface area contributed by atoms with Crippen LogP contribution in [0.1, 0.15) is 5.56 Å². The largest absolute Gasteiger partial charge is 0.472 e. The van der Waals surface area contributed by atoms with Crippen molar-refractivity contribution in [3.05, 3.63) is 47.4 Å². The molecule has 0 unspecified atom stereocenters. The Balaban J connectivity index is 2.17. The SMILES string of the molecule is Nc1ccc(S(=O)(=O)NCc2ccoc2)cc1Cl. The Morgan fingerprint density at radius 3 is 2.72 bits per heavy atom. The number of sulfonamides is 1. The topological polar surface area (TPSA) is 85.3 Å². The van der Waals surface area contributed by atoms with Gasteiger partial charge in [-0.15, -0.1) is 0 Å². The molecule has 0 aliphatic rings. The number of nitrogens with two attached hydrogens (primary N) is 1. The smallest absolute Gasteiger partial charge is 0.240 e. The number of halogens is 1. The van der Waals surface area contributed by atoms with Crippen LogP contribution < -0.4 is 10.5 Å². The van der Waals surface area contributed by atoms with Crippen molar-refractivity contribution >= 4 is 27.3 Å². The average molecular weight is 287 g/mol. The Bertz CT molecular complexity index is 638. The number of benzene rings is 1. The molecule has 0 saturated heterocycles. The van der Waals surface area contributed by atoms with E-state index in [9.17, 15) is 8.42 Å². The van der Waals surface area contributed by atoms with Crippen LogP contribution in [0.3, 0.4) is 0 Å². The average Bonchev–Trinajstić information content (AvgIpc) is 2.83. The molecule has 1 heterocycles. The second kappa shape index (κ2) is 5.01. The van der Waals surface area contributed by atoms with Crippen molar-refractivity contribution in [2.75, 3.05) is 5.73 Å². The number of nitrogens with one attached hydrogen (secondary N) is 1. The maximum absolute atomic E-state index is 11.9. The summed E-state index contributed by atoms with van der Waals surface area (Å²) in [5.74, 6) is 0. The molecule has 0 atom stereocenters. The van der Waals surface area contributed by atoms with E-state index in [4.69, 9.17) is 21.8 Å². The summed E-state index contributed by atoms with van der Waals surface area (Å²) in [5.41, 5.74) is 6.60. The summed E-state index contributed by atoms with van der Waals surface area (Å²) < 4.78 is 31.2. The van der Waals surface area contributed by atoms with Crippen LogP contribution in [0.2, 0.25) is 5.02 Å². The van der Waals surface area contributed by atoms with E-state index < -0.39 is 10.0 Å². The van der Waals surface area contributed by atoms with Gasteiger partial charge < -0.3 is 10.2 Å². The van der Waals surface area contributed by atoms with Gasteiger partial charge in [0.25, 0.3) is 0 Å². The molecule has 0 radical (unpaired) electrons. The van der Waals surface area contributed by atoms with Gasteiger partial charge in [-0.05, 0) is 24.3 Å². The lowest BCUT2D eigenvalue weighted by Gasteiger charge is -2.06. The summed E-state index contributed by atoms with van der Waals surface area (Å²) in [6.45, 7) is 0.154. The van der Waals surface area contributed by atoms with Gasteiger partial charge in [-0.3, -0.25) is 0 Å². The molecule has 2 aromatic rings. The van der Waals surface area contributed by atoms with E-state index in [0.717, 1.165) is 5.56 Å². The summed E-state index contributed by atoms with van der Waals surface area (Å²) >= 11 is 5.79. The molecule has 7 heteroatoms. The maximum Gasteiger partial charge on any atom is 0.240 e. The van der Waals surface area contributed by atoms with E-state index in [-0.39, 0.29) is 16.5 Å². The van der Waals surface area contributed by atoms with Crippen LogP contribution in [-0.4, -0.2) is 8.42 Å². The van der Waals surface area contributed by atoms with Crippen LogP contribution in [0.4, 0.5) is 5.69 Å². The number of rotatable bonds is 4. The number of anilines is 1. The third-order valence-corrected chi connectivity index (χ3v) is 4.05. The molecule has 0 saturated carbocycles. The first-order valence-electron chi connectivity index (χ1n) is 5.05. The molecule has 0 aliphatic carbocycles. The van der Waals surface area contributed by atoms with Crippen molar-refractivity contribution in [1.82, 2.24) is 4.72 Å². The van der Waals surface area contributed by atoms with E-state index in [1.54, 1.807) is 6.07 Å². The number of nitrogen functional groups attached to an aromatic ring is 1. The minimum absolute atomic E-state index is 0.0743. The van der Waals surface area contributed by atoms with E-state index in [1.165, 1.54) is 30.7 Å². The van der Waals surface area contributed by atoms with Crippen molar-refractivity contribution in [2.24, 2.45) is 0 Å². The zero-order valence-corrected chi connectivity index (χ0v) is 10.8. The van der Waals surface area contributed by atoms with Crippen molar-refractivity contribution in [1.29, 1.82) is 0 Å². The van der Waals surface area contributed by atoms with Crippen LogP contribution in [-0.2, 0) is 16.6 Å². The summed E-state index contributed by atoms with van der Waals surface area (Å²) in [7, 11) is -3.61. The first-order chi connectivity index (χ1) is 8.49. The quantitative estimate of drug-likeness (QED) is 0.842. The molecule has 0 bridgehead atoms. The molecular formula is C11H11ClN2O3S. The van der Waals surface area contributed by atoms with Gasteiger partial charge >= 0.3 is 0 Å². The normalized spacial score (nSPS) is 11.6. The first-order valence-corrected chi connectivity index (χ1v) is 6.91. The van der Waals surface area contributed by atoms with Gasteiger partial charge in [-0.2, -0.15) is 0 Å². The van der Waals surface area contributed by atoms with Crippen molar-refractivity contribution in [3.8, 4) is 0 Å². The van der Waals surface area contributed by atoms with Crippen molar-refractivity contribution < 1.29 is 12.8 Å². The molecule has 3 N–H and O–H groups in total. The molecule has 0 spiro atoms. The third kappa shape index (κ3) is 2.84. The van der Waals surface area contributed by atoms with Crippen LogP contribution >= 0.6 is 11.6 Å². The lowest BCUT2D eigenvalue weighted by atomic mass is 10.3. The van der Waals surface area contributed by atoms with E-state index in [2.05, 4.69) is 4.72 Å². The van der Waals surface area contributed by atoms with Gasteiger partial charge in [0.2, 0.25) is 10.0 Å². The van der Waals surface area contributed by atoms with Gasteiger partial charge in [-0.25, -0.2) is 13.1 Å². The van der Waals surface area contributed by atoms with Gasteiger partial charge in [0.15, 0.2) is 0 Å². The minimum Gasteiger partial charge on any atom is -0.472 e. The fraction of sp³-hybridized carbons (Fsp3) is 0.0909. The Morgan fingerprint density at radius 1 is 1.33 bits per heavy atom. The Labute approximate surface area is 110 Å². The highest BCUT2D eigenvalue weighted by Crippen LogP contribution is 2.22. The zero-order chi connectivity index (χ0) is 13.2. The number of hydrogen-bond acceptors (Lipinski definition) is 4. The highest BCUT2D eigenvalue weighted by atomic mass is 35.5. The lowest BCUT2D eigenvalue weighted by molar-refractivity contribution is 0.561. The molecule has 96 valence electrons. The van der Waals surface area contributed by atoms with Gasteiger partial charge in [0, 0.05) is 12.1 Å². The molecule has 0 aliphatic heterocycles. The summed E-state index contributed by atoms with van der Waals surface area (Å²) in [4.78, 5) is 0.0743. The number of hydrogen-bond donors (Lipinski definition) is 2. The van der Waals surface area contributed by atoms with Gasteiger partial charge in [0.05, 0.1) is 28.1 Å². The number of furan rings is 1. The van der Waals surface area contributed by atoms with Crippen molar-refractivity contribution in [3.63, 3.8) is 0 Å².